The summed E-state index contributed by atoms with van der Waals surface area (Å²) in [5.74, 6) is 1.30. The van der Waals surface area contributed by atoms with Crippen LogP contribution in [0.5, 0.6) is 0 Å². The average molecular weight is 210 g/mol. The highest BCUT2D eigenvalue weighted by Crippen LogP contribution is 2.17. The smallest absolute Gasteiger partial charge is 0.138 e. The fraction of sp³-hybridized carbons (Fsp3) is 0.222. The molecule has 2 rings (SSSR count). The molecule has 0 aliphatic carbocycles. The molecular weight excluding hydrogens is 202 g/mol. The molecule has 5 heteroatoms. The lowest BCUT2D eigenvalue weighted by molar-refractivity contribution is 0.389. The summed E-state index contributed by atoms with van der Waals surface area (Å²) in [6.07, 6.45) is 5.54. The van der Waals surface area contributed by atoms with Crippen molar-refractivity contribution >= 4 is 11.6 Å². The van der Waals surface area contributed by atoms with Crippen LogP contribution in [0, 0.1) is 0 Å². The van der Waals surface area contributed by atoms with Crippen LogP contribution in [0.25, 0.3) is 11.3 Å². The number of alkyl halides is 1. The maximum atomic E-state index is 5.58. The lowest BCUT2D eigenvalue weighted by atomic mass is 10.2. The molecule has 72 valence electrons. The van der Waals surface area contributed by atoms with E-state index < -0.39 is 0 Å². The Bertz CT molecular complexity index is 401. The van der Waals surface area contributed by atoms with Gasteiger partial charge < -0.3 is 4.52 Å². The molecule has 0 amide bonds. The average Bonchev–Trinajstić information content (AvgIpc) is 2.68. The van der Waals surface area contributed by atoms with Crippen molar-refractivity contribution in [1.29, 1.82) is 0 Å². The highest BCUT2D eigenvalue weighted by molar-refractivity contribution is 6.17. The van der Waals surface area contributed by atoms with Crippen LogP contribution < -0.4 is 0 Å². The Kier molecular flexibility index (Phi) is 2.74. The molecule has 2 aromatic heterocycles. The van der Waals surface area contributed by atoms with Crippen molar-refractivity contribution < 1.29 is 4.52 Å². The number of aryl methyl sites for hydroxylation is 1. The van der Waals surface area contributed by atoms with E-state index in [1.165, 1.54) is 6.33 Å². The van der Waals surface area contributed by atoms with E-state index in [1.54, 1.807) is 12.4 Å². The molecule has 0 N–H and O–H groups in total. The zero-order chi connectivity index (χ0) is 9.80. The monoisotopic (exact) mass is 209 g/mol. The lowest BCUT2D eigenvalue weighted by Crippen LogP contribution is -1.81. The molecular formula is C9H8ClN3O. The molecule has 0 aliphatic rings. The second-order valence-corrected chi connectivity index (χ2v) is 3.12. The molecule has 0 saturated carbocycles. The lowest BCUT2D eigenvalue weighted by Gasteiger charge is -1.89. The van der Waals surface area contributed by atoms with Gasteiger partial charge in [0, 0.05) is 36.3 Å². The van der Waals surface area contributed by atoms with Gasteiger partial charge in [-0.05, 0) is 0 Å². The first-order chi connectivity index (χ1) is 6.90. The van der Waals surface area contributed by atoms with E-state index in [0.717, 1.165) is 17.0 Å². The Morgan fingerprint density at radius 3 is 2.79 bits per heavy atom. The summed E-state index contributed by atoms with van der Waals surface area (Å²) in [6.45, 7) is 0. The molecule has 4 nitrogen and oxygen atoms in total. The van der Waals surface area contributed by atoms with Crippen molar-refractivity contribution in [1.82, 2.24) is 15.1 Å². The van der Waals surface area contributed by atoms with E-state index in [-0.39, 0.29) is 0 Å². The third kappa shape index (κ3) is 1.90. The first-order valence-electron chi connectivity index (χ1n) is 4.17. The van der Waals surface area contributed by atoms with Crippen molar-refractivity contribution in [2.75, 3.05) is 5.88 Å². The van der Waals surface area contributed by atoms with Crippen LogP contribution in [-0.2, 0) is 6.42 Å². The third-order valence-electron chi connectivity index (χ3n) is 1.76. The van der Waals surface area contributed by atoms with Crippen molar-refractivity contribution in [3.05, 3.63) is 30.5 Å². The molecule has 2 heterocycles. The van der Waals surface area contributed by atoms with Gasteiger partial charge in [0.1, 0.15) is 17.8 Å². The minimum absolute atomic E-state index is 0.528. The van der Waals surface area contributed by atoms with Crippen LogP contribution >= 0.6 is 11.6 Å². The summed E-state index contributed by atoms with van der Waals surface area (Å²) in [5, 5.41) is 3.89. The predicted molar refractivity (Wildman–Crippen MR) is 52.0 cm³/mol. The van der Waals surface area contributed by atoms with Crippen LogP contribution in [0.1, 0.15) is 5.76 Å². The molecule has 0 unspecified atom stereocenters. The fourth-order valence-electron chi connectivity index (χ4n) is 1.09. The zero-order valence-electron chi connectivity index (χ0n) is 7.35. The summed E-state index contributed by atoms with van der Waals surface area (Å²) in [5.41, 5.74) is 1.59. The molecule has 0 radical (unpaired) electrons. The van der Waals surface area contributed by atoms with Gasteiger partial charge in [-0.15, -0.1) is 11.6 Å². The summed E-state index contributed by atoms with van der Waals surface area (Å²) in [4.78, 5) is 7.79. The maximum Gasteiger partial charge on any atom is 0.138 e. The Labute approximate surface area is 85.9 Å². The number of hydrogen-bond donors (Lipinski definition) is 0. The molecule has 0 spiro atoms. The van der Waals surface area contributed by atoms with Gasteiger partial charge in [-0.1, -0.05) is 5.16 Å². The second kappa shape index (κ2) is 4.19. The molecule has 0 bridgehead atoms. The summed E-state index contributed by atoms with van der Waals surface area (Å²) in [7, 11) is 0. The predicted octanol–water partition coefficient (Wildman–Crippen LogP) is 1.91. The van der Waals surface area contributed by atoms with E-state index >= 15 is 0 Å². The van der Waals surface area contributed by atoms with Crippen molar-refractivity contribution in [3.8, 4) is 11.3 Å². The van der Waals surface area contributed by atoms with Gasteiger partial charge in [-0.25, -0.2) is 9.97 Å². The van der Waals surface area contributed by atoms with Gasteiger partial charge >= 0.3 is 0 Å². The molecule has 0 atom stereocenters. The standard InChI is InChI=1S/C9H8ClN3O/c10-2-1-8-3-9(13-14-8)7-4-11-6-12-5-7/h3-6H,1-2H2. The molecule has 0 saturated heterocycles. The van der Waals surface area contributed by atoms with Crippen molar-refractivity contribution in [3.63, 3.8) is 0 Å². The SMILES string of the molecule is ClCCc1cc(-c2cncnc2)no1. The minimum atomic E-state index is 0.528. The van der Waals surface area contributed by atoms with E-state index in [0.29, 0.717) is 12.3 Å². The number of aromatic nitrogens is 3. The van der Waals surface area contributed by atoms with E-state index in [9.17, 15) is 0 Å². The number of hydrogen-bond acceptors (Lipinski definition) is 4. The summed E-state index contributed by atoms with van der Waals surface area (Å²) >= 11 is 5.58. The third-order valence-corrected chi connectivity index (χ3v) is 1.95. The Balaban J connectivity index is 2.25. The molecule has 2 aromatic rings. The van der Waals surface area contributed by atoms with Crippen LogP contribution in [0.3, 0.4) is 0 Å². The maximum absolute atomic E-state index is 5.58. The van der Waals surface area contributed by atoms with Gasteiger partial charge in [0.15, 0.2) is 0 Å². The molecule has 0 fully saturated rings. The first kappa shape index (κ1) is 9.15. The Morgan fingerprint density at radius 1 is 1.29 bits per heavy atom. The highest BCUT2D eigenvalue weighted by atomic mass is 35.5. The number of nitrogens with zero attached hydrogens (tertiary/aromatic N) is 3. The van der Waals surface area contributed by atoms with Crippen LogP contribution in [0.15, 0.2) is 29.3 Å². The van der Waals surface area contributed by atoms with Gasteiger partial charge in [-0.2, -0.15) is 0 Å². The summed E-state index contributed by atoms with van der Waals surface area (Å²) in [6, 6.07) is 1.85. The zero-order valence-corrected chi connectivity index (χ0v) is 8.11. The number of rotatable bonds is 3. The van der Waals surface area contributed by atoms with Crippen molar-refractivity contribution in [2.24, 2.45) is 0 Å². The van der Waals surface area contributed by atoms with E-state index in [2.05, 4.69) is 15.1 Å². The van der Waals surface area contributed by atoms with Gasteiger partial charge in [0.25, 0.3) is 0 Å². The molecule has 14 heavy (non-hydrogen) atoms. The normalized spacial score (nSPS) is 10.4. The highest BCUT2D eigenvalue weighted by Gasteiger charge is 2.05. The van der Waals surface area contributed by atoms with Crippen LogP contribution in [0.2, 0.25) is 0 Å². The second-order valence-electron chi connectivity index (χ2n) is 2.74. The Hall–Kier alpha value is -1.42. The topological polar surface area (TPSA) is 51.8 Å². The minimum Gasteiger partial charge on any atom is -0.361 e. The fourth-order valence-corrected chi connectivity index (χ4v) is 1.28. The first-order valence-corrected chi connectivity index (χ1v) is 4.70. The molecule has 0 aromatic carbocycles. The quantitative estimate of drug-likeness (QED) is 0.725. The van der Waals surface area contributed by atoms with Crippen molar-refractivity contribution in [2.45, 2.75) is 6.42 Å². The largest absolute Gasteiger partial charge is 0.361 e. The Morgan fingerprint density at radius 2 is 2.07 bits per heavy atom. The van der Waals surface area contributed by atoms with Crippen LogP contribution in [-0.4, -0.2) is 21.0 Å². The van der Waals surface area contributed by atoms with Gasteiger partial charge in [0.2, 0.25) is 0 Å². The van der Waals surface area contributed by atoms with Gasteiger partial charge in [0.05, 0.1) is 0 Å². The number of halogens is 1. The van der Waals surface area contributed by atoms with Gasteiger partial charge in [-0.3, -0.25) is 0 Å². The van der Waals surface area contributed by atoms with E-state index in [1.807, 2.05) is 6.07 Å². The van der Waals surface area contributed by atoms with Crippen LogP contribution in [0.4, 0.5) is 0 Å². The summed E-state index contributed by atoms with van der Waals surface area (Å²) < 4.78 is 5.07. The van der Waals surface area contributed by atoms with E-state index in [4.69, 9.17) is 16.1 Å². The molecule has 0 aliphatic heterocycles.